The number of hydrogen-bond donors (Lipinski definition) is 2. The maximum Gasteiger partial charge on any atom is 0.180 e. The maximum atomic E-state index is 5.61. The fourth-order valence-electron chi connectivity index (χ4n) is 2.00. The summed E-state index contributed by atoms with van der Waals surface area (Å²) < 4.78 is 0. The Morgan fingerprint density at radius 3 is 3.07 bits per heavy atom. The van der Waals surface area contributed by atoms with E-state index in [1.165, 1.54) is 4.88 Å². The normalized spacial score (nSPS) is 21.7. The topological polar surface area (TPSA) is 54.2 Å². The Kier molecular flexibility index (Phi) is 2.95. The molecule has 0 spiro atoms. The number of nitrogens with one attached hydrogen (secondary N) is 1. The lowest BCUT2D eigenvalue weighted by Crippen LogP contribution is -2.56. The van der Waals surface area contributed by atoms with Gasteiger partial charge in [-0.2, -0.15) is 0 Å². The quantitative estimate of drug-likeness (QED) is 0.787. The van der Waals surface area contributed by atoms with Crippen LogP contribution in [0.1, 0.15) is 18.7 Å². The van der Waals surface area contributed by atoms with E-state index in [0.29, 0.717) is 5.13 Å². The van der Waals surface area contributed by atoms with Gasteiger partial charge in [-0.15, -0.1) is 11.3 Å². The number of nitrogen functional groups attached to an aromatic ring is 1. The Balaban J connectivity index is 1.95. The van der Waals surface area contributed by atoms with E-state index in [1.54, 1.807) is 11.3 Å². The molecule has 1 aliphatic rings. The minimum absolute atomic E-state index is 0.217. The number of thiazole rings is 1. The van der Waals surface area contributed by atoms with Crippen molar-refractivity contribution in [2.75, 3.05) is 25.4 Å². The SMILES string of the molecule is CC1(C)CN(Cc2cnc(N)s2)CCN1. The second-order valence-corrected chi connectivity index (χ2v) is 5.83. The molecule has 3 N–H and O–H groups in total. The molecule has 1 aliphatic heterocycles. The second-order valence-electron chi connectivity index (χ2n) is 4.69. The summed E-state index contributed by atoms with van der Waals surface area (Å²) in [5.74, 6) is 0. The Morgan fingerprint density at radius 1 is 1.67 bits per heavy atom. The lowest BCUT2D eigenvalue weighted by atomic mass is 10.0. The van der Waals surface area contributed by atoms with Gasteiger partial charge in [0.25, 0.3) is 0 Å². The molecule has 0 amide bonds. The van der Waals surface area contributed by atoms with Crippen LogP contribution >= 0.6 is 11.3 Å². The van der Waals surface area contributed by atoms with E-state index in [1.807, 2.05) is 6.20 Å². The van der Waals surface area contributed by atoms with Crippen LogP contribution in [0, 0.1) is 0 Å². The van der Waals surface area contributed by atoms with Gasteiger partial charge in [0.2, 0.25) is 0 Å². The highest BCUT2D eigenvalue weighted by atomic mass is 32.1. The summed E-state index contributed by atoms with van der Waals surface area (Å²) in [6, 6.07) is 0. The monoisotopic (exact) mass is 226 g/mol. The molecule has 0 atom stereocenters. The lowest BCUT2D eigenvalue weighted by molar-refractivity contribution is 0.149. The third kappa shape index (κ3) is 2.90. The van der Waals surface area contributed by atoms with E-state index < -0.39 is 0 Å². The average molecular weight is 226 g/mol. The number of piperazine rings is 1. The van der Waals surface area contributed by atoms with E-state index in [0.717, 1.165) is 26.2 Å². The number of aromatic nitrogens is 1. The van der Waals surface area contributed by atoms with Crippen molar-refractivity contribution in [1.29, 1.82) is 0 Å². The first-order chi connectivity index (χ1) is 7.05. The van der Waals surface area contributed by atoms with Gasteiger partial charge in [-0.3, -0.25) is 4.90 Å². The van der Waals surface area contributed by atoms with Crippen LogP contribution in [0.2, 0.25) is 0 Å². The molecule has 0 saturated carbocycles. The molecule has 1 aromatic heterocycles. The summed E-state index contributed by atoms with van der Waals surface area (Å²) in [6.45, 7) is 8.67. The molecule has 84 valence electrons. The highest BCUT2D eigenvalue weighted by molar-refractivity contribution is 7.15. The molecule has 1 fully saturated rings. The van der Waals surface area contributed by atoms with Crippen molar-refractivity contribution in [3.05, 3.63) is 11.1 Å². The Labute approximate surface area is 94.5 Å². The maximum absolute atomic E-state index is 5.61. The fraction of sp³-hybridized carbons (Fsp3) is 0.700. The van der Waals surface area contributed by atoms with Crippen molar-refractivity contribution in [2.45, 2.75) is 25.9 Å². The highest BCUT2D eigenvalue weighted by Gasteiger charge is 2.25. The molecular weight excluding hydrogens is 208 g/mol. The van der Waals surface area contributed by atoms with E-state index in [9.17, 15) is 0 Å². The lowest BCUT2D eigenvalue weighted by Gasteiger charge is -2.38. The van der Waals surface area contributed by atoms with Crippen LogP contribution < -0.4 is 11.1 Å². The van der Waals surface area contributed by atoms with Crippen molar-refractivity contribution in [3.8, 4) is 0 Å². The largest absolute Gasteiger partial charge is 0.375 e. The van der Waals surface area contributed by atoms with Crippen LogP contribution in [0.5, 0.6) is 0 Å². The van der Waals surface area contributed by atoms with Crippen molar-refractivity contribution < 1.29 is 0 Å². The first-order valence-corrected chi connectivity index (χ1v) is 6.04. The van der Waals surface area contributed by atoms with E-state index in [2.05, 4.69) is 29.0 Å². The van der Waals surface area contributed by atoms with E-state index in [-0.39, 0.29) is 5.54 Å². The van der Waals surface area contributed by atoms with E-state index in [4.69, 9.17) is 5.73 Å². The molecule has 4 nitrogen and oxygen atoms in total. The van der Waals surface area contributed by atoms with Crippen LogP contribution in [-0.4, -0.2) is 35.1 Å². The van der Waals surface area contributed by atoms with Gasteiger partial charge in [0.15, 0.2) is 5.13 Å². The smallest absolute Gasteiger partial charge is 0.180 e. The van der Waals surface area contributed by atoms with Crippen LogP contribution in [-0.2, 0) is 6.54 Å². The number of anilines is 1. The molecule has 2 rings (SSSR count). The summed E-state index contributed by atoms with van der Waals surface area (Å²) in [7, 11) is 0. The summed E-state index contributed by atoms with van der Waals surface area (Å²) in [4.78, 5) is 7.78. The third-order valence-corrected chi connectivity index (χ3v) is 3.41. The van der Waals surface area contributed by atoms with Crippen molar-refractivity contribution in [1.82, 2.24) is 15.2 Å². The Bertz CT molecular complexity index is 334. The van der Waals surface area contributed by atoms with Crippen molar-refractivity contribution in [2.24, 2.45) is 0 Å². The molecular formula is C10H18N4S. The van der Waals surface area contributed by atoms with Crippen molar-refractivity contribution >= 4 is 16.5 Å². The van der Waals surface area contributed by atoms with Gasteiger partial charge in [-0.25, -0.2) is 4.98 Å². The molecule has 0 radical (unpaired) electrons. The average Bonchev–Trinajstić information content (AvgIpc) is 2.49. The van der Waals surface area contributed by atoms with Crippen LogP contribution in [0.25, 0.3) is 0 Å². The minimum Gasteiger partial charge on any atom is -0.375 e. The summed E-state index contributed by atoms with van der Waals surface area (Å²) in [5.41, 5.74) is 5.83. The zero-order valence-corrected chi connectivity index (χ0v) is 10.1. The van der Waals surface area contributed by atoms with Gasteiger partial charge < -0.3 is 11.1 Å². The predicted octanol–water partition coefficient (Wildman–Crippen LogP) is 0.909. The first kappa shape index (κ1) is 10.9. The first-order valence-electron chi connectivity index (χ1n) is 5.23. The Hall–Kier alpha value is -0.650. The molecule has 5 heteroatoms. The molecule has 0 bridgehead atoms. The van der Waals surface area contributed by atoms with Crippen LogP contribution in [0.15, 0.2) is 6.20 Å². The number of nitrogens with zero attached hydrogens (tertiary/aromatic N) is 2. The highest BCUT2D eigenvalue weighted by Crippen LogP contribution is 2.19. The molecule has 1 aromatic rings. The van der Waals surface area contributed by atoms with Crippen LogP contribution in [0.3, 0.4) is 0 Å². The van der Waals surface area contributed by atoms with Gasteiger partial charge in [0, 0.05) is 42.8 Å². The van der Waals surface area contributed by atoms with Crippen molar-refractivity contribution in [3.63, 3.8) is 0 Å². The summed E-state index contributed by atoms with van der Waals surface area (Å²) in [6.07, 6.45) is 1.88. The molecule has 15 heavy (non-hydrogen) atoms. The Morgan fingerprint density at radius 2 is 2.47 bits per heavy atom. The molecule has 0 aromatic carbocycles. The van der Waals surface area contributed by atoms with Gasteiger partial charge in [-0.05, 0) is 13.8 Å². The number of hydrogen-bond acceptors (Lipinski definition) is 5. The van der Waals surface area contributed by atoms with E-state index >= 15 is 0 Å². The minimum atomic E-state index is 0.217. The molecule has 0 unspecified atom stereocenters. The standard InChI is InChI=1S/C10H18N4S/c1-10(2)7-14(4-3-13-10)6-8-5-12-9(11)15-8/h5,13H,3-4,6-7H2,1-2H3,(H2,11,12). The van der Waals surface area contributed by atoms with Crippen LogP contribution in [0.4, 0.5) is 5.13 Å². The van der Waals surface area contributed by atoms with Gasteiger partial charge in [0.1, 0.15) is 0 Å². The number of rotatable bonds is 2. The zero-order valence-electron chi connectivity index (χ0n) is 9.29. The molecule has 0 aliphatic carbocycles. The third-order valence-electron chi connectivity index (χ3n) is 2.60. The zero-order chi connectivity index (χ0) is 10.9. The summed E-state index contributed by atoms with van der Waals surface area (Å²) in [5, 5.41) is 4.17. The summed E-state index contributed by atoms with van der Waals surface area (Å²) >= 11 is 1.59. The van der Waals surface area contributed by atoms with Gasteiger partial charge in [0.05, 0.1) is 0 Å². The molecule has 2 heterocycles. The second kappa shape index (κ2) is 4.08. The van der Waals surface area contributed by atoms with Gasteiger partial charge in [-0.1, -0.05) is 0 Å². The number of nitrogens with two attached hydrogens (primary N) is 1. The van der Waals surface area contributed by atoms with Gasteiger partial charge >= 0.3 is 0 Å². The predicted molar refractivity (Wildman–Crippen MR) is 63.9 cm³/mol. The molecule has 1 saturated heterocycles. The fourth-order valence-corrected chi connectivity index (χ4v) is 2.72.